The number of ether oxygens (including phenoxy) is 3. The van der Waals surface area contributed by atoms with E-state index < -0.39 is 6.04 Å². The van der Waals surface area contributed by atoms with Gasteiger partial charge in [-0.05, 0) is 67.4 Å². The average Bonchev–Trinajstić information content (AvgIpc) is 3.38. The van der Waals surface area contributed by atoms with Crippen molar-refractivity contribution < 1.29 is 19.0 Å². The molecule has 206 valence electrons. The average molecular weight is 558 g/mol. The molecule has 3 aromatic carbocycles. The number of nitrogens with zero attached hydrogens (tertiary/aromatic N) is 3. The van der Waals surface area contributed by atoms with Crippen molar-refractivity contribution in [2.45, 2.75) is 30.8 Å². The van der Waals surface area contributed by atoms with Gasteiger partial charge in [-0.3, -0.25) is 4.79 Å². The van der Waals surface area contributed by atoms with Gasteiger partial charge in [-0.15, -0.1) is 5.10 Å². The highest BCUT2D eigenvalue weighted by atomic mass is 32.2. The Balaban J connectivity index is 1.54. The zero-order chi connectivity index (χ0) is 28.2. The second kappa shape index (κ2) is 11.7. The molecule has 0 saturated heterocycles. The highest BCUT2D eigenvalue weighted by Gasteiger charge is 2.36. The van der Waals surface area contributed by atoms with Crippen LogP contribution in [-0.2, 0) is 10.5 Å². The van der Waals surface area contributed by atoms with E-state index in [4.69, 9.17) is 24.3 Å². The topological polar surface area (TPSA) is 99.5 Å². The van der Waals surface area contributed by atoms with Crippen molar-refractivity contribution in [1.82, 2.24) is 14.8 Å². The van der Waals surface area contributed by atoms with Gasteiger partial charge in [0.1, 0.15) is 23.3 Å². The molecule has 0 aliphatic carbocycles. The van der Waals surface area contributed by atoms with Crippen LogP contribution in [0.3, 0.4) is 0 Å². The molecule has 0 spiro atoms. The van der Waals surface area contributed by atoms with E-state index in [0.29, 0.717) is 45.3 Å². The van der Waals surface area contributed by atoms with Crippen molar-refractivity contribution in [3.63, 3.8) is 0 Å². The van der Waals surface area contributed by atoms with E-state index >= 15 is 0 Å². The molecule has 2 heterocycles. The molecule has 0 saturated carbocycles. The third-order valence-electron chi connectivity index (χ3n) is 6.78. The van der Waals surface area contributed by atoms with E-state index in [9.17, 15) is 4.79 Å². The number of carbonyl (C=O) groups is 1. The monoisotopic (exact) mass is 557 g/mol. The summed E-state index contributed by atoms with van der Waals surface area (Å²) in [5.41, 5.74) is 4.94. The maximum atomic E-state index is 13.9. The largest absolute Gasteiger partial charge is 0.497 e. The second-order valence-electron chi connectivity index (χ2n) is 9.23. The van der Waals surface area contributed by atoms with Crippen molar-refractivity contribution in [3.05, 3.63) is 94.7 Å². The number of hydrogen-bond acceptors (Lipinski definition) is 8. The quantitative estimate of drug-likeness (QED) is 0.248. The number of allylic oxidation sites excluding steroid dienone is 1. The summed E-state index contributed by atoms with van der Waals surface area (Å²) < 4.78 is 18.3. The van der Waals surface area contributed by atoms with E-state index in [1.807, 2.05) is 37.3 Å². The Morgan fingerprint density at radius 1 is 0.975 bits per heavy atom. The van der Waals surface area contributed by atoms with Crippen LogP contribution >= 0.6 is 11.8 Å². The van der Waals surface area contributed by atoms with Gasteiger partial charge < -0.3 is 24.8 Å². The summed E-state index contributed by atoms with van der Waals surface area (Å²) in [7, 11) is 4.81. The Morgan fingerprint density at radius 3 is 2.40 bits per heavy atom. The van der Waals surface area contributed by atoms with Gasteiger partial charge in [-0.25, -0.2) is 4.68 Å². The van der Waals surface area contributed by atoms with E-state index in [-0.39, 0.29) is 5.91 Å². The minimum atomic E-state index is -0.625. The van der Waals surface area contributed by atoms with Crippen molar-refractivity contribution in [2.75, 3.05) is 32.0 Å². The lowest BCUT2D eigenvalue weighted by molar-refractivity contribution is -0.113. The summed E-state index contributed by atoms with van der Waals surface area (Å²) in [6.07, 6.45) is 0. The first-order valence-electron chi connectivity index (χ1n) is 12.7. The Kier molecular flexibility index (Phi) is 7.97. The number of benzene rings is 3. The molecule has 9 nitrogen and oxygen atoms in total. The summed E-state index contributed by atoms with van der Waals surface area (Å²) in [5, 5.41) is 11.8. The first kappa shape index (κ1) is 27.1. The SMILES string of the molecule is COc1ccc(NC(=O)C2=C(C)Nc3nc(SCc4ccccc4C)nn3[C@@H]2c2cc(OC)ccc2OC)cc1. The van der Waals surface area contributed by atoms with Gasteiger partial charge in [-0.2, -0.15) is 4.98 Å². The summed E-state index contributed by atoms with van der Waals surface area (Å²) >= 11 is 1.54. The third-order valence-corrected chi connectivity index (χ3v) is 7.66. The molecule has 2 N–H and O–H groups in total. The molecule has 10 heteroatoms. The number of aromatic nitrogens is 3. The molecule has 0 unspecified atom stereocenters. The summed E-state index contributed by atoms with van der Waals surface area (Å²) in [5.74, 6) is 2.93. The molecule has 1 aromatic heterocycles. The predicted octanol–water partition coefficient (Wildman–Crippen LogP) is 5.83. The zero-order valence-corrected chi connectivity index (χ0v) is 23.8. The molecule has 5 rings (SSSR count). The zero-order valence-electron chi connectivity index (χ0n) is 23.0. The van der Waals surface area contributed by atoms with Crippen molar-refractivity contribution >= 4 is 29.3 Å². The molecule has 0 fully saturated rings. The summed E-state index contributed by atoms with van der Waals surface area (Å²) in [4.78, 5) is 18.6. The van der Waals surface area contributed by atoms with Gasteiger partial charge in [0.05, 0.1) is 26.9 Å². The van der Waals surface area contributed by atoms with E-state index in [0.717, 1.165) is 11.3 Å². The second-order valence-corrected chi connectivity index (χ2v) is 10.2. The highest BCUT2D eigenvalue weighted by Crippen LogP contribution is 2.41. The van der Waals surface area contributed by atoms with Crippen LogP contribution in [0.5, 0.6) is 17.2 Å². The smallest absolute Gasteiger partial charge is 0.255 e. The molecule has 1 atom stereocenters. The number of aryl methyl sites for hydroxylation is 1. The molecule has 0 bridgehead atoms. The van der Waals surface area contributed by atoms with E-state index in [2.05, 4.69) is 29.7 Å². The molecule has 1 aliphatic heterocycles. The van der Waals surface area contributed by atoms with Crippen LogP contribution in [0, 0.1) is 6.92 Å². The minimum absolute atomic E-state index is 0.277. The van der Waals surface area contributed by atoms with Crippen molar-refractivity contribution in [2.24, 2.45) is 0 Å². The molecule has 4 aromatic rings. The molecule has 1 amide bonds. The van der Waals surface area contributed by atoms with Gasteiger partial charge >= 0.3 is 0 Å². The normalized spacial score (nSPS) is 14.3. The van der Waals surface area contributed by atoms with Crippen molar-refractivity contribution in [1.29, 1.82) is 0 Å². The number of hydrogen-bond donors (Lipinski definition) is 2. The van der Waals surface area contributed by atoms with Crippen LogP contribution in [-0.4, -0.2) is 42.0 Å². The van der Waals surface area contributed by atoms with Crippen molar-refractivity contribution in [3.8, 4) is 17.2 Å². The van der Waals surface area contributed by atoms with Crippen LogP contribution in [0.15, 0.2) is 83.2 Å². The van der Waals surface area contributed by atoms with Gasteiger partial charge in [0, 0.05) is 22.7 Å². The maximum absolute atomic E-state index is 13.9. The first-order chi connectivity index (χ1) is 19.4. The standard InChI is InChI=1S/C30H31N5O4S/c1-18-8-6-7-9-20(18)17-40-30-33-29-31-19(2)26(28(36)32-21-10-12-22(37-3)13-11-21)27(35(29)34-30)24-16-23(38-4)14-15-25(24)39-5/h6-16,27H,17H2,1-5H3,(H,32,36)(H,31,33,34)/t27-/m1/s1. The summed E-state index contributed by atoms with van der Waals surface area (Å²) in [6, 6.07) is 20.3. The van der Waals surface area contributed by atoms with Crippen LogP contribution in [0.25, 0.3) is 0 Å². The van der Waals surface area contributed by atoms with Crippen LogP contribution in [0.1, 0.15) is 29.7 Å². The fraction of sp³-hybridized carbons (Fsp3) is 0.233. The van der Waals surface area contributed by atoms with Gasteiger partial charge in [0.15, 0.2) is 0 Å². The molecule has 40 heavy (non-hydrogen) atoms. The highest BCUT2D eigenvalue weighted by molar-refractivity contribution is 7.98. The Labute approximate surface area is 237 Å². The third kappa shape index (κ3) is 5.48. The summed E-state index contributed by atoms with van der Waals surface area (Å²) in [6.45, 7) is 3.95. The minimum Gasteiger partial charge on any atom is -0.497 e. The number of anilines is 2. The van der Waals surface area contributed by atoms with Crippen LogP contribution in [0.4, 0.5) is 11.6 Å². The lowest BCUT2D eigenvalue weighted by Crippen LogP contribution is -2.31. The fourth-order valence-electron chi connectivity index (χ4n) is 4.61. The van der Waals surface area contributed by atoms with E-state index in [1.165, 1.54) is 11.1 Å². The number of nitrogens with one attached hydrogen (secondary N) is 2. The number of amides is 1. The van der Waals surface area contributed by atoms with E-state index in [1.54, 1.807) is 62.0 Å². The number of rotatable bonds is 9. The van der Waals surface area contributed by atoms with Gasteiger partial charge in [0.25, 0.3) is 5.91 Å². The number of fused-ring (bicyclic) bond motifs is 1. The van der Waals surface area contributed by atoms with Gasteiger partial charge in [-0.1, -0.05) is 36.0 Å². The number of thioether (sulfide) groups is 1. The predicted molar refractivity (Wildman–Crippen MR) is 156 cm³/mol. The maximum Gasteiger partial charge on any atom is 0.255 e. The van der Waals surface area contributed by atoms with Crippen LogP contribution in [0.2, 0.25) is 0 Å². The molecule has 0 radical (unpaired) electrons. The van der Waals surface area contributed by atoms with Crippen LogP contribution < -0.4 is 24.8 Å². The fourth-order valence-corrected chi connectivity index (χ4v) is 5.52. The Morgan fingerprint density at radius 2 is 1.70 bits per heavy atom. The molecular weight excluding hydrogens is 526 g/mol. The lowest BCUT2D eigenvalue weighted by atomic mass is 9.94. The number of carbonyl (C=O) groups excluding carboxylic acids is 1. The number of methoxy groups -OCH3 is 3. The Hall–Kier alpha value is -4.44. The first-order valence-corrected chi connectivity index (χ1v) is 13.7. The molecular formula is C30H31N5O4S. The molecule has 1 aliphatic rings. The lowest BCUT2D eigenvalue weighted by Gasteiger charge is -2.29. The Bertz CT molecular complexity index is 1560. The van der Waals surface area contributed by atoms with Gasteiger partial charge in [0.2, 0.25) is 11.1 Å².